The average molecular weight is 329 g/mol. The van der Waals surface area contributed by atoms with Crippen LogP contribution in [0, 0.1) is 12.7 Å². The minimum absolute atomic E-state index is 0.124. The third kappa shape index (κ3) is 3.12. The summed E-state index contributed by atoms with van der Waals surface area (Å²) < 4.78 is 19.1. The van der Waals surface area contributed by atoms with Gasteiger partial charge in [0.25, 0.3) is 0 Å². The van der Waals surface area contributed by atoms with Gasteiger partial charge in [0.05, 0.1) is 24.1 Å². The Bertz CT molecular complexity index is 891. The van der Waals surface area contributed by atoms with Gasteiger partial charge < -0.3 is 20.8 Å². The first-order valence-corrected chi connectivity index (χ1v) is 7.27. The van der Waals surface area contributed by atoms with E-state index < -0.39 is 12.1 Å². The number of fused-ring (bicyclic) bond motifs is 1. The fourth-order valence-electron chi connectivity index (χ4n) is 2.46. The molecule has 0 aliphatic carbocycles. The zero-order valence-electron chi connectivity index (χ0n) is 13.1. The van der Waals surface area contributed by atoms with Crippen molar-refractivity contribution in [1.82, 2.24) is 15.3 Å². The van der Waals surface area contributed by atoms with Crippen LogP contribution >= 0.6 is 0 Å². The number of nitrogens with zero attached hydrogens (tertiary/aromatic N) is 2. The number of nitrogen functional groups attached to an aromatic ring is 1. The first-order valence-electron chi connectivity index (χ1n) is 7.27. The van der Waals surface area contributed by atoms with Crippen molar-refractivity contribution < 1.29 is 13.6 Å². The minimum Gasteiger partial charge on any atom is -0.459 e. The van der Waals surface area contributed by atoms with E-state index in [2.05, 4.69) is 20.6 Å². The number of amides is 2. The van der Waals surface area contributed by atoms with Crippen molar-refractivity contribution in [3.05, 3.63) is 47.7 Å². The predicted molar refractivity (Wildman–Crippen MR) is 87.9 cm³/mol. The number of aromatic nitrogens is 2. The van der Waals surface area contributed by atoms with Crippen molar-refractivity contribution in [3.8, 4) is 0 Å². The Balaban J connectivity index is 1.74. The van der Waals surface area contributed by atoms with Crippen LogP contribution in [0.15, 0.2) is 35.0 Å². The number of aryl methyl sites for hydroxylation is 1. The zero-order chi connectivity index (χ0) is 17.3. The first-order chi connectivity index (χ1) is 11.4. The third-order valence-electron chi connectivity index (χ3n) is 3.61. The van der Waals surface area contributed by atoms with Gasteiger partial charge in [0.2, 0.25) is 5.95 Å². The summed E-state index contributed by atoms with van der Waals surface area (Å²) in [5.41, 5.74) is 7.16. The number of hydrogen-bond donors (Lipinski definition) is 3. The van der Waals surface area contributed by atoms with Gasteiger partial charge in [-0.1, -0.05) is 0 Å². The topological polar surface area (TPSA) is 106 Å². The van der Waals surface area contributed by atoms with Crippen molar-refractivity contribution in [2.45, 2.75) is 19.9 Å². The van der Waals surface area contributed by atoms with Crippen LogP contribution in [-0.4, -0.2) is 16.0 Å². The lowest BCUT2D eigenvalue weighted by Gasteiger charge is -2.13. The number of nitrogens with two attached hydrogens (primary N) is 1. The highest BCUT2D eigenvalue weighted by Gasteiger charge is 2.19. The molecule has 2 aromatic heterocycles. The molecule has 124 valence electrons. The molecule has 0 aliphatic heterocycles. The Morgan fingerprint density at radius 1 is 1.33 bits per heavy atom. The van der Waals surface area contributed by atoms with Gasteiger partial charge in [0.15, 0.2) is 0 Å². The van der Waals surface area contributed by atoms with Crippen molar-refractivity contribution in [3.63, 3.8) is 0 Å². The number of urea groups is 1. The molecule has 3 rings (SSSR count). The van der Waals surface area contributed by atoms with Gasteiger partial charge in [0.1, 0.15) is 17.2 Å². The summed E-state index contributed by atoms with van der Waals surface area (Å²) in [6, 6.07) is 3.47. The van der Waals surface area contributed by atoms with Crippen LogP contribution < -0.4 is 16.4 Å². The fourth-order valence-corrected chi connectivity index (χ4v) is 2.46. The predicted octanol–water partition coefficient (Wildman–Crippen LogP) is 3.14. The molecule has 0 saturated carbocycles. The number of carbonyl (C=O) groups is 1. The number of carbonyl (C=O) groups excluding carboxylic acids is 1. The molecule has 0 radical (unpaired) electrons. The minimum atomic E-state index is -0.443. The maximum absolute atomic E-state index is 13.4. The highest BCUT2D eigenvalue weighted by Crippen LogP contribution is 2.29. The first kappa shape index (κ1) is 15.7. The van der Waals surface area contributed by atoms with Crippen LogP contribution in [0.2, 0.25) is 0 Å². The maximum Gasteiger partial charge on any atom is 0.319 e. The summed E-state index contributed by atoms with van der Waals surface area (Å²) in [6.45, 7) is 3.60. The molecule has 0 fully saturated rings. The summed E-state index contributed by atoms with van der Waals surface area (Å²) in [6.07, 6.45) is 2.81. The molecule has 24 heavy (non-hydrogen) atoms. The fraction of sp³-hybridized carbons (Fsp3) is 0.188. The number of halogens is 1. The molecule has 0 aliphatic rings. The van der Waals surface area contributed by atoms with Gasteiger partial charge in [-0.2, -0.15) is 0 Å². The van der Waals surface area contributed by atoms with Gasteiger partial charge in [-0.15, -0.1) is 0 Å². The van der Waals surface area contributed by atoms with E-state index in [1.807, 2.05) is 6.92 Å². The number of anilines is 2. The normalized spacial score (nSPS) is 12.1. The summed E-state index contributed by atoms with van der Waals surface area (Å²) >= 11 is 0. The molecule has 3 aromatic rings. The summed E-state index contributed by atoms with van der Waals surface area (Å²) in [5.74, 6) is 0.360. The molecule has 0 unspecified atom stereocenters. The molecule has 2 heterocycles. The Kier molecular flexibility index (Phi) is 4.03. The van der Waals surface area contributed by atoms with E-state index in [1.165, 1.54) is 24.5 Å². The van der Waals surface area contributed by atoms with Gasteiger partial charge in [-0.05, 0) is 32.0 Å². The second-order valence-corrected chi connectivity index (χ2v) is 5.38. The molecule has 8 heteroatoms. The number of nitrogens with one attached hydrogen (secondary N) is 2. The van der Waals surface area contributed by atoms with E-state index >= 15 is 0 Å². The molecule has 0 bridgehead atoms. The summed E-state index contributed by atoms with van der Waals surface area (Å²) in [7, 11) is 0. The monoisotopic (exact) mass is 329 g/mol. The maximum atomic E-state index is 13.4. The van der Waals surface area contributed by atoms with Crippen LogP contribution in [0.4, 0.5) is 20.8 Å². The van der Waals surface area contributed by atoms with Crippen molar-refractivity contribution in [2.24, 2.45) is 0 Å². The van der Waals surface area contributed by atoms with Gasteiger partial charge >= 0.3 is 6.03 Å². The van der Waals surface area contributed by atoms with E-state index in [0.717, 1.165) is 5.56 Å². The van der Waals surface area contributed by atoms with E-state index in [1.54, 1.807) is 13.0 Å². The third-order valence-corrected chi connectivity index (χ3v) is 3.61. The lowest BCUT2D eigenvalue weighted by atomic mass is 10.1. The second kappa shape index (κ2) is 6.15. The van der Waals surface area contributed by atoms with E-state index in [9.17, 15) is 9.18 Å². The number of rotatable bonds is 3. The number of furan rings is 1. The molecule has 0 saturated heterocycles. The molecular weight excluding hydrogens is 313 g/mol. The Morgan fingerprint density at radius 3 is 2.75 bits per heavy atom. The van der Waals surface area contributed by atoms with Crippen molar-refractivity contribution in [1.29, 1.82) is 0 Å². The van der Waals surface area contributed by atoms with Crippen LogP contribution in [0.1, 0.15) is 24.3 Å². The van der Waals surface area contributed by atoms with E-state index in [-0.39, 0.29) is 11.8 Å². The molecule has 4 N–H and O–H groups in total. The van der Waals surface area contributed by atoms with E-state index in [0.29, 0.717) is 22.4 Å². The van der Waals surface area contributed by atoms with Gasteiger partial charge in [-0.3, -0.25) is 0 Å². The van der Waals surface area contributed by atoms with Crippen LogP contribution in [0.5, 0.6) is 0 Å². The van der Waals surface area contributed by atoms with Crippen LogP contribution in [0.25, 0.3) is 11.0 Å². The number of benzene rings is 1. The Hall–Kier alpha value is -3.16. The average Bonchev–Trinajstić information content (AvgIpc) is 2.86. The van der Waals surface area contributed by atoms with Crippen molar-refractivity contribution >= 4 is 28.6 Å². The quantitative estimate of drug-likeness (QED) is 0.684. The smallest absolute Gasteiger partial charge is 0.319 e. The standard InChI is InChI=1S/C16H16FN5O2/c1-8-12-5-10(17)3-4-13(12)24-14(8)9(2)21-16(23)22-11-6-19-15(18)20-7-11/h3-7,9H,1-2H3,(H2,18,19,20)(H2,21,22,23)/t9-/m1/s1. The van der Waals surface area contributed by atoms with Gasteiger partial charge in [0, 0.05) is 10.9 Å². The van der Waals surface area contributed by atoms with Crippen LogP contribution in [-0.2, 0) is 0 Å². The molecule has 7 nitrogen and oxygen atoms in total. The Labute approximate surface area is 137 Å². The Morgan fingerprint density at radius 2 is 2.04 bits per heavy atom. The highest BCUT2D eigenvalue weighted by molar-refractivity contribution is 5.89. The summed E-state index contributed by atoms with van der Waals surface area (Å²) in [5, 5.41) is 6.04. The molecule has 2 amide bonds. The van der Waals surface area contributed by atoms with Gasteiger partial charge in [-0.25, -0.2) is 19.2 Å². The SMILES string of the molecule is Cc1c([C@@H](C)NC(=O)Nc2cnc(N)nc2)oc2ccc(F)cc12. The summed E-state index contributed by atoms with van der Waals surface area (Å²) in [4.78, 5) is 19.6. The second-order valence-electron chi connectivity index (χ2n) is 5.38. The highest BCUT2D eigenvalue weighted by atomic mass is 19.1. The lowest BCUT2D eigenvalue weighted by molar-refractivity contribution is 0.248. The number of hydrogen-bond acceptors (Lipinski definition) is 5. The molecular formula is C16H16FN5O2. The molecule has 0 spiro atoms. The molecule has 1 atom stereocenters. The van der Waals surface area contributed by atoms with Crippen LogP contribution in [0.3, 0.4) is 0 Å². The van der Waals surface area contributed by atoms with E-state index in [4.69, 9.17) is 10.2 Å². The molecule has 1 aromatic carbocycles. The largest absolute Gasteiger partial charge is 0.459 e. The lowest BCUT2D eigenvalue weighted by Crippen LogP contribution is -2.31. The zero-order valence-corrected chi connectivity index (χ0v) is 13.1. The van der Waals surface area contributed by atoms with Crippen molar-refractivity contribution in [2.75, 3.05) is 11.1 Å².